The zero-order valence-corrected chi connectivity index (χ0v) is 13.6. The van der Waals surface area contributed by atoms with Crippen molar-refractivity contribution in [3.8, 4) is 0 Å². The standard InChI is InChI=1S/C18H17NO4S/c1-2-13-19(17-10-8-16(9-11-17)18(20)21)24(22,23)14-12-15-6-4-3-5-7-15/h2-12,14H,1,13H2,(H,20,21)/p-1. The number of aromatic carboxylic acids is 1. The lowest BCUT2D eigenvalue weighted by Gasteiger charge is -2.21. The summed E-state index contributed by atoms with van der Waals surface area (Å²) in [5.41, 5.74) is 1.08. The Balaban J connectivity index is 2.33. The van der Waals surface area contributed by atoms with E-state index in [2.05, 4.69) is 6.58 Å². The molecule has 0 N–H and O–H groups in total. The molecule has 2 rings (SSSR count). The molecule has 0 fully saturated rings. The number of hydrogen-bond acceptors (Lipinski definition) is 4. The van der Waals surface area contributed by atoms with Gasteiger partial charge >= 0.3 is 0 Å². The van der Waals surface area contributed by atoms with Crippen molar-refractivity contribution < 1.29 is 18.3 Å². The first kappa shape index (κ1) is 17.5. The van der Waals surface area contributed by atoms with Gasteiger partial charge in [-0.2, -0.15) is 0 Å². The summed E-state index contributed by atoms with van der Waals surface area (Å²) in [6.07, 6.45) is 2.96. The second-order valence-electron chi connectivity index (χ2n) is 4.91. The second-order valence-corrected chi connectivity index (χ2v) is 6.66. The first-order valence-corrected chi connectivity index (χ1v) is 8.62. The number of benzene rings is 2. The normalized spacial score (nSPS) is 11.3. The van der Waals surface area contributed by atoms with Gasteiger partial charge in [0.15, 0.2) is 0 Å². The van der Waals surface area contributed by atoms with E-state index in [9.17, 15) is 18.3 Å². The summed E-state index contributed by atoms with van der Waals surface area (Å²) in [5, 5.41) is 11.9. The number of carboxylic acids is 1. The van der Waals surface area contributed by atoms with Gasteiger partial charge in [0.1, 0.15) is 0 Å². The minimum absolute atomic E-state index is 0.0190. The van der Waals surface area contributed by atoms with Crippen molar-refractivity contribution in [3.63, 3.8) is 0 Å². The summed E-state index contributed by atoms with van der Waals surface area (Å²) in [7, 11) is -3.75. The first-order chi connectivity index (χ1) is 11.4. The summed E-state index contributed by atoms with van der Waals surface area (Å²) in [6.45, 7) is 3.63. The molecule has 0 aliphatic carbocycles. The van der Waals surface area contributed by atoms with Crippen molar-refractivity contribution in [2.75, 3.05) is 10.8 Å². The van der Waals surface area contributed by atoms with Crippen LogP contribution in [0.4, 0.5) is 5.69 Å². The Morgan fingerprint density at radius 3 is 2.25 bits per heavy atom. The highest BCUT2D eigenvalue weighted by Gasteiger charge is 2.18. The lowest BCUT2D eigenvalue weighted by atomic mass is 10.2. The van der Waals surface area contributed by atoms with Crippen LogP contribution in [-0.2, 0) is 10.0 Å². The predicted molar refractivity (Wildman–Crippen MR) is 92.7 cm³/mol. The highest BCUT2D eigenvalue weighted by molar-refractivity contribution is 7.95. The molecular formula is C18H16NO4S-. The Labute approximate surface area is 141 Å². The van der Waals surface area contributed by atoms with Gasteiger partial charge < -0.3 is 9.90 Å². The Kier molecular flexibility index (Phi) is 5.55. The fourth-order valence-electron chi connectivity index (χ4n) is 2.04. The molecule has 124 valence electrons. The second kappa shape index (κ2) is 7.61. The van der Waals surface area contributed by atoms with Crippen LogP contribution in [0.2, 0.25) is 0 Å². The number of carbonyl (C=O) groups is 1. The monoisotopic (exact) mass is 342 g/mol. The van der Waals surface area contributed by atoms with E-state index in [0.29, 0.717) is 5.69 Å². The van der Waals surface area contributed by atoms with Crippen LogP contribution in [0.15, 0.2) is 72.7 Å². The minimum atomic E-state index is -3.75. The minimum Gasteiger partial charge on any atom is -0.545 e. The van der Waals surface area contributed by atoms with Gasteiger partial charge in [-0.05, 0) is 29.3 Å². The molecule has 24 heavy (non-hydrogen) atoms. The van der Waals surface area contributed by atoms with E-state index in [1.54, 1.807) is 12.1 Å². The zero-order chi connectivity index (χ0) is 17.6. The quantitative estimate of drug-likeness (QED) is 0.722. The van der Waals surface area contributed by atoms with Crippen molar-refractivity contribution in [2.24, 2.45) is 0 Å². The summed E-state index contributed by atoms with van der Waals surface area (Å²) < 4.78 is 26.3. The van der Waals surface area contributed by atoms with E-state index >= 15 is 0 Å². The molecule has 0 bridgehead atoms. The molecule has 0 aliphatic rings. The van der Waals surface area contributed by atoms with Crippen molar-refractivity contribution in [1.29, 1.82) is 0 Å². The number of hydrogen-bond donors (Lipinski definition) is 0. The molecule has 5 nitrogen and oxygen atoms in total. The van der Waals surface area contributed by atoms with Gasteiger partial charge in [0, 0.05) is 0 Å². The molecule has 0 aromatic heterocycles. The van der Waals surface area contributed by atoms with Gasteiger partial charge in [-0.15, -0.1) is 6.58 Å². The maximum Gasteiger partial charge on any atom is 0.257 e. The lowest BCUT2D eigenvalue weighted by molar-refractivity contribution is -0.255. The van der Waals surface area contributed by atoms with Gasteiger partial charge in [-0.3, -0.25) is 4.31 Å². The van der Waals surface area contributed by atoms with Crippen LogP contribution < -0.4 is 9.41 Å². The maximum atomic E-state index is 12.6. The average Bonchev–Trinajstić information content (AvgIpc) is 2.59. The summed E-state index contributed by atoms with van der Waals surface area (Å²) in [6, 6.07) is 14.5. The Morgan fingerprint density at radius 2 is 1.71 bits per heavy atom. The van der Waals surface area contributed by atoms with Gasteiger partial charge in [0.05, 0.1) is 23.6 Å². The molecule has 0 saturated heterocycles. The van der Waals surface area contributed by atoms with Crippen LogP contribution in [0, 0.1) is 0 Å². The third kappa shape index (κ3) is 4.33. The largest absolute Gasteiger partial charge is 0.545 e. The molecule has 0 amide bonds. The number of nitrogens with zero attached hydrogens (tertiary/aromatic N) is 1. The van der Waals surface area contributed by atoms with Crippen molar-refractivity contribution >= 4 is 27.8 Å². The van der Waals surface area contributed by atoms with Crippen molar-refractivity contribution in [2.45, 2.75) is 0 Å². The molecule has 2 aromatic carbocycles. The van der Waals surface area contributed by atoms with Gasteiger partial charge in [-0.1, -0.05) is 48.5 Å². The molecule has 0 heterocycles. The Bertz CT molecular complexity index is 840. The van der Waals surface area contributed by atoms with Crippen LogP contribution in [0.3, 0.4) is 0 Å². The molecule has 0 unspecified atom stereocenters. The molecule has 6 heteroatoms. The van der Waals surface area contributed by atoms with Crippen LogP contribution in [0.5, 0.6) is 0 Å². The highest BCUT2D eigenvalue weighted by atomic mass is 32.2. The fraction of sp³-hybridized carbons (Fsp3) is 0.0556. The van der Waals surface area contributed by atoms with Gasteiger partial charge in [-0.25, -0.2) is 8.42 Å². The van der Waals surface area contributed by atoms with Crippen LogP contribution in [0.25, 0.3) is 6.08 Å². The SMILES string of the molecule is C=CCN(c1ccc(C(=O)[O-])cc1)S(=O)(=O)C=Cc1ccccc1. The third-order valence-corrected chi connectivity index (χ3v) is 4.68. The fourth-order valence-corrected chi connectivity index (χ4v) is 3.24. The Hall–Kier alpha value is -2.86. The number of anilines is 1. The van der Waals surface area contributed by atoms with Crippen LogP contribution in [-0.4, -0.2) is 20.9 Å². The lowest BCUT2D eigenvalue weighted by Crippen LogP contribution is -2.29. The third-order valence-electron chi connectivity index (χ3n) is 3.23. The van der Waals surface area contributed by atoms with Gasteiger partial charge in [0.2, 0.25) is 0 Å². The zero-order valence-electron chi connectivity index (χ0n) is 12.8. The summed E-state index contributed by atoms with van der Waals surface area (Å²) in [5.74, 6) is -1.32. The van der Waals surface area contributed by atoms with Gasteiger partial charge in [0.25, 0.3) is 10.0 Å². The van der Waals surface area contributed by atoms with Crippen LogP contribution >= 0.6 is 0 Å². The molecule has 0 aliphatic heterocycles. The molecular weight excluding hydrogens is 326 g/mol. The highest BCUT2D eigenvalue weighted by Crippen LogP contribution is 2.20. The maximum absolute atomic E-state index is 12.6. The predicted octanol–water partition coefficient (Wildman–Crippen LogP) is 2.04. The molecule has 0 radical (unpaired) electrons. The van der Waals surface area contributed by atoms with E-state index in [1.807, 2.05) is 18.2 Å². The number of rotatable bonds is 7. The van der Waals surface area contributed by atoms with Crippen molar-refractivity contribution in [3.05, 3.63) is 83.8 Å². The Morgan fingerprint density at radius 1 is 1.08 bits per heavy atom. The first-order valence-electron chi connectivity index (χ1n) is 7.12. The smallest absolute Gasteiger partial charge is 0.257 e. The number of carbonyl (C=O) groups excluding carboxylic acids is 1. The molecule has 2 aromatic rings. The van der Waals surface area contributed by atoms with Crippen LogP contribution in [0.1, 0.15) is 15.9 Å². The summed E-state index contributed by atoms with van der Waals surface area (Å²) >= 11 is 0. The average molecular weight is 342 g/mol. The molecule has 0 saturated carbocycles. The van der Waals surface area contributed by atoms with Crippen molar-refractivity contribution in [1.82, 2.24) is 0 Å². The van der Waals surface area contributed by atoms with E-state index in [1.165, 1.54) is 36.4 Å². The molecule has 0 spiro atoms. The summed E-state index contributed by atoms with van der Waals surface area (Å²) in [4.78, 5) is 10.8. The van der Waals surface area contributed by atoms with E-state index in [0.717, 1.165) is 15.3 Å². The number of sulfonamides is 1. The number of carboxylic acid groups (broad SMARTS) is 1. The van der Waals surface area contributed by atoms with E-state index in [4.69, 9.17) is 0 Å². The van der Waals surface area contributed by atoms with E-state index < -0.39 is 16.0 Å². The topological polar surface area (TPSA) is 77.5 Å². The molecule has 0 atom stereocenters. The van der Waals surface area contributed by atoms with E-state index in [-0.39, 0.29) is 12.1 Å².